The predicted molar refractivity (Wildman–Crippen MR) is 113 cm³/mol. The molecule has 0 spiro atoms. The number of halogens is 2. The topological polar surface area (TPSA) is 34.1 Å². The highest BCUT2D eigenvalue weighted by Gasteiger charge is 2.21. The van der Waals surface area contributed by atoms with Crippen LogP contribution in [0, 0.1) is 11.6 Å². The van der Waals surface area contributed by atoms with Crippen molar-refractivity contribution in [3.05, 3.63) is 118 Å². The number of fused-ring (bicyclic) bond motifs is 1. The lowest BCUT2D eigenvalue weighted by molar-refractivity contribution is 0.102. The van der Waals surface area contributed by atoms with Crippen LogP contribution in [-0.4, -0.2) is 11.6 Å². The van der Waals surface area contributed by atoms with Gasteiger partial charge in [0.2, 0.25) is 0 Å². The molecule has 0 bridgehead atoms. The Morgan fingerprint density at radius 1 is 0.833 bits per heavy atom. The van der Waals surface area contributed by atoms with Crippen LogP contribution in [0.5, 0.6) is 0 Å². The van der Waals surface area contributed by atoms with Gasteiger partial charge in [-0.05, 0) is 59.9 Å². The van der Waals surface area contributed by atoms with E-state index in [4.69, 9.17) is 0 Å². The van der Waals surface area contributed by atoms with Gasteiger partial charge in [0, 0.05) is 16.7 Å². The van der Waals surface area contributed by atoms with Gasteiger partial charge in [0.05, 0.1) is 0 Å². The molecule has 0 aromatic heterocycles. The van der Waals surface area contributed by atoms with Crippen LogP contribution in [0.4, 0.5) is 8.78 Å². The second kappa shape index (κ2) is 8.37. The second-order valence-corrected chi connectivity index (χ2v) is 7.15. The molecule has 4 rings (SSSR count). The van der Waals surface area contributed by atoms with E-state index in [0.717, 1.165) is 46.4 Å². The third kappa shape index (κ3) is 4.18. The number of carbonyl (C=O) groups excluding carboxylic acids is 2. The van der Waals surface area contributed by atoms with E-state index in [1.54, 1.807) is 6.08 Å². The average molecular weight is 400 g/mol. The fraction of sp³-hybridized carbons (Fsp3) is 0.0769. The number of allylic oxidation sites excluding steroid dienone is 2. The van der Waals surface area contributed by atoms with Crippen molar-refractivity contribution in [2.75, 3.05) is 0 Å². The van der Waals surface area contributed by atoms with Gasteiger partial charge in [0.1, 0.15) is 0 Å². The Morgan fingerprint density at radius 3 is 2.33 bits per heavy atom. The average Bonchev–Trinajstić information content (AvgIpc) is 2.77. The Bertz CT molecular complexity index is 1190. The van der Waals surface area contributed by atoms with Gasteiger partial charge in [0.15, 0.2) is 23.2 Å². The third-order valence-electron chi connectivity index (χ3n) is 5.13. The van der Waals surface area contributed by atoms with Crippen molar-refractivity contribution in [1.29, 1.82) is 0 Å². The molecule has 0 atom stereocenters. The zero-order chi connectivity index (χ0) is 21.1. The first kappa shape index (κ1) is 19.6. The van der Waals surface area contributed by atoms with Gasteiger partial charge < -0.3 is 0 Å². The molecule has 4 heteroatoms. The number of aryl methyl sites for hydroxylation is 1. The van der Waals surface area contributed by atoms with Crippen molar-refractivity contribution in [3.63, 3.8) is 0 Å². The molecule has 0 amide bonds. The molecule has 3 aromatic carbocycles. The Morgan fingerprint density at radius 2 is 1.57 bits per heavy atom. The summed E-state index contributed by atoms with van der Waals surface area (Å²) in [5.74, 6) is -2.38. The summed E-state index contributed by atoms with van der Waals surface area (Å²) in [6.45, 7) is 0. The van der Waals surface area contributed by atoms with E-state index in [1.165, 1.54) is 12.1 Å². The molecule has 3 aromatic rings. The highest BCUT2D eigenvalue weighted by molar-refractivity contribution is 6.13. The van der Waals surface area contributed by atoms with Crippen LogP contribution >= 0.6 is 0 Å². The minimum atomic E-state index is -1.05. The summed E-state index contributed by atoms with van der Waals surface area (Å²) >= 11 is 0. The molecule has 0 saturated heterocycles. The SMILES string of the molecule is O=C(/C=C/c1ccc(/C=C2\CCc3ccccc3C2=O)cc1)c1ccc(F)c(F)c1. The first-order valence-electron chi connectivity index (χ1n) is 9.62. The normalized spacial score (nSPS) is 14.9. The lowest BCUT2D eigenvalue weighted by atomic mass is 9.86. The van der Waals surface area contributed by atoms with Crippen LogP contribution < -0.4 is 0 Å². The summed E-state index contributed by atoms with van der Waals surface area (Å²) in [7, 11) is 0. The maximum atomic E-state index is 13.3. The minimum Gasteiger partial charge on any atom is -0.289 e. The van der Waals surface area contributed by atoms with Crippen LogP contribution in [0.25, 0.3) is 12.2 Å². The zero-order valence-electron chi connectivity index (χ0n) is 16.1. The molecular weight excluding hydrogens is 382 g/mol. The van der Waals surface area contributed by atoms with Crippen LogP contribution in [-0.2, 0) is 6.42 Å². The molecule has 1 aliphatic rings. The molecule has 0 radical (unpaired) electrons. The molecule has 2 nitrogen and oxygen atoms in total. The standard InChI is InChI=1S/C26H18F2O2/c27-23-13-12-20(16-24(23)28)25(29)14-9-17-5-7-18(8-6-17)15-21-11-10-19-3-1-2-4-22(19)26(21)30/h1-9,12-16H,10-11H2/b14-9+,21-15+. The fourth-order valence-electron chi connectivity index (χ4n) is 3.48. The Balaban J connectivity index is 1.47. The van der Waals surface area contributed by atoms with Gasteiger partial charge in [-0.3, -0.25) is 9.59 Å². The molecule has 148 valence electrons. The smallest absolute Gasteiger partial charge is 0.189 e. The summed E-state index contributed by atoms with van der Waals surface area (Å²) in [6, 6.07) is 18.2. The van der Waals surface area contributed by atoms with Crippen LogP contribution in [0.15, 0.2) is 78.4 Å². The quantitative estimate of drug-likeness (QED) is 0.393. The van der Waals surface area contributed by atoms with Gasteiger partial charge in [-0.1, -0.05) is 54.6 Å². The maximum absolute atomic E-state index is 13.3. The fourth-order valence-corrected chi connectivity index (χ4v) is 3.48. The lowest BCUT2D eigenvalue weighted by Crippen LogP contribution is -2.13. The van der Waals surface area contributed by atoms with Crippen LogP contribution in [0.1, 0.15) is 43.8 Å². The Kier molecular flexibility index (Phi) is 5.48. The van der Waals surface area contributed by atoms with Crippen LogP contribution in [0.3, 0.4) is 0 Å². The molecular formula is C26H18F2O2. The zero-order valence-corrected chi connectivity index (χ0v) is 16.1. The number of Topliss-reactive ketones (excluding diaryl/α,β-unsaturated/α-hetero) is 1. The van der Waals surface area contributed by atoms with Gasteiger partial charge in [-0.2, -0.15) is 0 Å². The summed E-state index contributed by atoms with van der Waals surface area (Å²) in [5.41, 5.74) is 4.42. The van der Waals surface area contributed by atoms with Gasteiger partial charge in [-0.25, -0.2) is 8.78 Å². The number of hydrogen-bond donors (Lipinski definition) is 0. The number of benzene rings is 3. The van der Waals surface area contributed by atoms with Crippen molar-refractivity contribution >= 4 is 23.7 Å². The highest BCUT2D eigenvalue weighted by Crippen LogP contribution is 2.26. The second-order valence-electron chi connectivity index (χ2n) is 7.15. The van der Waals surface area contributed by atoms with Crippen molar-refractivity contribution in [2.24, 2.45) is 0 Å². The van der Waals surface area contributed by atoms with E-state index >= 15 is 0 Å². The van der Waals surface area contributed by atoms with Crippen LogP contribution in [0.2, 0.25) is 0 Å². The van der Waals surface area contributed by atoms with Crippen molar-refractivity contribution < 1.29 is 18.4 Å². The number of hydrogen-bond acceptors (Lipinski definition) is 2. The molecule has 0 aliphatic heterocycles. The largest absolute Gasteiger partial charge is 0.289 e. The van der Waals surface area contributed by atoms with E-state index in [9.17, 15) is 18.4 Å². The molecule has 0 heterocycles. The maximum Gasteiger partial charge on any atom is 0.189 e. The number of ketones is 2. The Labute approximate surface area is 173 Å². The first-order valence-corrected chi connectivity index (χ1v) is 9.62. The van der Waals surface area contributed by atoms with E-state index < -0.39 is 17.4 Å². The Hall–Kier alpha value is -3.66. The monoisotopic (exact) mass is 400 g/mol. The molecule has 0 N–H and O–H groups in total. The first-order chi connectivity index (χ1) is 14.5. The predicted octanol–water partition coefficient (Wildman–Crippen LogP) is 6.07. The lowest BCUT2D eigenvalue weighted by Gasteiger charge is -2.17. The van der Waals surface area contributed by atoms with Crippen molar-refractivity contribution in [3.8, 4) is 0 Å². The third-order valence-corrected chi connectivity index (χ3v) is 5.13. The summed E-state index contributed by atoms with van der Waals surface area (Å²) in [4.78, 5) is 24.8. The molecule has 30 heavy (non-hydrogen) atoms. The van der Waals surface area contributed by atoms with E-state index in [0.29, 0.717) is 6.42 Å². The highest BCUT2D eigenvalue weighted by atomic mass is 19.2. The molecule has 0 fully saturated rings. The van der Waals surface area contributed by atoms with Crippen molar-refractivity contribution in [1.82, 2.24) is 0 Å². The molecule has 0 unspecified atom stereocenters. The van der Waals surface area contributed by atoms with E-state index in [-0.39, 0.29) is 11.3 Å². The van der Waals surface area contributed by atoms with E-state index in [1.807, 2.05) is 54.6 Å². The summed E-state index contributed by atoms with van der Waals surface area (Å²) < 4.78 is 26.3. The minimum absolute atomic E-state index is 0.0675. The van der Waals surface area contributed by atoms with E-state index in [2.05, 4.69) is 0 Å². The van der Waals surface area contributed by atoms with Gasteiger partial charge in [-0.15, -0.1) is 0 Å². The van der Waals surface area contributed by atoms with Gasteiger partial charge >= 0.3 is 0 Å². The molecule has 0 saturated carbocycles. The van der Waals surface area contributed by atoms with Crippen molar-refractivity contribution in [2.45, 2.75) is 12.8 Å². The number of carbonyl (C=O) groups is 2. The summed E-state index contributed by atoms with van der Waals surface area (Å²) in [6.07, 6.45) is 6.39. The molecule has 1 aliphatic carbocycles. The summed E-state index contributed by atoms with van der Waals surface area (Å²) in [5, 5.41) is 0. The van der Waals surface area contributed by atoms with Gasteiger partial charge in [0.25, 0.3) is 0 Å². The number of rotatable bonds is 4.